The Morgan fingerprint density at radius 3 is 2.50 bits per heavy atom. The lowest BCUT2D eigenvalue weighted by atomic mass is 9.98. The van der Waals surface area contributed by atoms with Crippen molar-refractivity contribution in [2.24, 2.45) is 0 Å². The Morgan fingerprint density at radius 2 is 1.82 bits per heavy atom. The van der Waals surface area contributed by atoms with Crippen LogP contribution in [-0.2, 0) is 20.8 Å². The summed E-state index contributed by atoms with van der Waals surface area (Å²) in [5.74, 6) is -0.0802. The Labute approximate surface area is 252 Å². The van der Waals surface area contributed by atoms with Gasteiger partial charge in [-0.2, -0.15) is 0 Å². The summed E-state index contributed by atoms with van der Waals surface area (Å²) < 4.78 is 0. The van der Waals surface area contributed by atoms with Crippen LogP contribution in [0.2, 0.25) is 0 Å². The van der Waals surface area contributed by atoms with E-state index >= 15 is 0 Å². The average molecular weight is 592 g/mol. The Morgan fingerprint density at radius 1 is 1.05 bits per heavy atom. The van der Waals surface area contributed by atoms with Gasteiger partial charge in [0.1, 0.15) is 0 Å². The van der Waals surface area contributed by atoms with Crippen molar-refractivity contribution in [3.63, 3.8) is 0 Å². The first kappa shape index (κ1) is 28.3. The minimum atomic E-state index is -0.487. The maximum absolute atomic E-state index is 13.3. The Hall–Kier alpha value is -5.78. The summed E-state index contributed by atoms with van der Waals surface area (Å²) in [5, 5.41) is 20.4. The van der Waals surface area contributed by atoms with Crippen LogP contribution in [0.1, 0.15) is 36.5 Å². The van der Waals surface area contributed by atoms with E-state index in [9.17, 15) is 24.5 Å². The van der Waals surface area contributed by atoms with Crippen LogP contribution < -0.4 is 16.0 Å². The van der Waals surface area contributed by atoms with Gasteiger partial charge in [0.25, 0.3) is 11.6 Å². The number of anilines is 3. The van der Waals surface area contributed by atoms with Gasteiger partial charge in [0.15, 0.2) is 0 Å². The van der Waals surface area contributed by atoms with Gasteiger partial charge in [0.05, 0.1) is 21.9 Å². The lowest BCUT2D eigenvalue weighted by Crippen LogP contribution is -2.26. The first-order valence-electron chi connectivity index (χ1n) is 14.2. The summed E-state index contributed by atoms with van der Waals surface area (Å²) in [6.07, 6.45) is 3.89. The number of imidazole rings is 1. The molecule has 2 aliphatic heterocycles. The molecule has 3 heterocycles. The SMILES string of the molecule is CC(=O)Nc1nc(-c2ccc(N/C(=C3\C(=O)Nc4ccc([N+](=O)[O-])cc43)c3ccc(CCN4CCCC4=O)cc3)cc2)c[nH]1. The van der Waals surface area contributed by atoms with Crippen LogP contribution in [0, 0.1) is 10.1 Å². The highest BCUT2D eigenvalue weighted by atomic mass is 16.6. The van der Waals surface area contributed by atoms with Gasteiger partial charge in [-0.05, 0) is 42.2 Å². The maximum Gasteiger partial charge on any atom is 0.270 e. The monoisotopic (exact) mass is 591 g/mol. The zero-order chi connectivity index (χ0) is 30.8. The molecule has 0 aliphatic carbocycles. The van der Waals surface area contributed by atoms with Crippen LogP contribution in [0.15, 0.2) is 72.9 Å². The Balaban J connectivity index is 1.33. The number of nitrogens with one attached hydrogen (secondary N) is 4. The highest BCUT2D eigenvalue weighted by Crippen LogP contribution is 2.39. The predicted octanol–water partition coefficient (Wildman–Crippen LogP) is 5.04. The van der Waals surface area contributed by atoms with E-state index in [4.69, 9.17) is 0 Å². The molecule has 1 aromatic heterocycles. The van der Waals surface area contributed by atoms with Crippen LogP contribution in [0.3, 0.4) is 0 Å². The van der Waals surface area contributed by atoms with Gasteiger partial charge >= 0.3 is 0 Å². The van der Waals surface area contributed by atoms with Crippen molar-refractivity contribution in [2.75, 3.05) is 29.0 Å². The molecule has 6 rings (SSSR count). The zero-order valence-electron chi connectivity index (χ0n) is 23.8. The van der Waals surface area contributed by atoms with Gasteiger partial charge in [0, 0.05) is 67.3 Å². The Kier molecular flexibility index (Phi) is 7.63. The molecule has 4 aromatic rings. The zero-order valence-corrected chi connectivity index (χ0v) is 23.8. The molecular weight excluding hydrogens is 562 g/mol. The smallest absolute Gasteiger partial charge is 0.270 e. The van der Waals surface area contributed by atoms with Gasteiger partial charge < -0.3 is 20.5 Å². The molecule has 222 valence electrons. The number of rotatable bonds is 9. The van der Waals surface area contributed by atoms with Crippen molar-refractivity contribution in [1.29, 1.82) is 0 Å². The van der Waals surface area contributed by atoms with Gasteiger partial charge in [-0.3, -0.25) is 29.8 Å². The minimum absolute atomic E-state index is 0.120. The number of aromatic amines is 1. The van der Waals surface area contributed by atoms with Gasteiger partial charge in [-0.15, -0.1) is 0 Å². The lowest BCUT2D eigenvalue weighted by molar-refractivity contribution is -0.384. The van der Waals surface area contributed by atoms with E-state index in [0.717, 1.165) is 24.1 Å². The third kappa shape index (κ3) is 5.91. The summed E-state index contributed by atoms with van der Waals surface area (Å²) in [5.41, 5.74) is 5.47. The van der Waals surface area contributed by atoms with Crippen LogP contribution >= 0.6 is 0 Å². The van der Waals surface area contributed by atoms with Crippen LogP contribution in [-0.4, -0.2) is 50.6 Å². The third-order valence-electron chi connectivity index (χ3n) is 7.62. The highest BCUT2D eigenvalue weighted by molar-refractivity contribution is 6.37. The molecule has 0 spiro atoms. The number of nitro groups is 1. The molecule has 3 amide bonds. The molecule has 0 radical (unpaired) electrons. The van der Waals surface area contributed by atoms with Crippen molar-refractivity contribution in [3.05, 3.63) is 99.7 Å². The number of carbonyl (C=O) groups excluding carboxylic acids is 3. The largest absolute Gasteiger partial charge is 0.354 e. The molecular formula is C32H29N7O5. The fourth-order valence-corrected chi connectivity index (χ4v) is 5.41. The van der Waals surface area contributed by atoms with Crippen molar-refractivity contribution in [1.82, 2.24) is 14.9 Å². The quantitative estimate of drug-likeness (QED) is 0.120. The number of hydrogen-bond donors (Lipinski definition) is 4. The normalized spacial score (nSPS) is 15.2. The third-order valence-corrected chi connectivity index (χ3v) is 7.62. The van der Waals surface area contributed by atoms with E-state index in [1.54, 1.807) is 6.20 Å². The fourth-order valence-electron chi connectivity index (χ4n) is 5.41. The minimum Gasteiger partial charge on any atom is -0.354 e. The van der Waals surface area contributed by atoms with Crippen LogP contribution in [0.5, 0.6) is 0 Å². The number of nitrogens with zero attached hydrogens (tertiary/aromatic N) is 3. The molecule has 3 aromatic carbocycles. The number of amides is 3. The number of H-pyrrole nitrogens is 1. The van der Waals surface area contributed by atoms with Crippen molar-refractivity contribution < 1.29 is 19.3 Å². The first-order valence-corrected chi connectivity index (χ1v) is 14.2. The number of non-ortho nitro benzene ring substituents is 1. The number of carbonyl (C=O) groups is 3. The highest BCUT2D eigenvalue weighted by Gasteiger charge is 2.30. The number of fused-ring (bicyclic) bond motifs is 1. The summed E-state index contributed by atoms with van der Waals surface area (Å²) in [4.78, 5) is 56.9. The van der Waals surface area contributed by atoms with E-state index in [1.165, 1.54) is 25.1 Å². The van der Waals surface area contributed by atoms with E-state index in [2.05, 4.69) is 25.9 Å². The fraction of sp³-hybridized carbons (Fsp3) is 0.188. The molecule has 0 bridgehead atoms. The lowest BCUT2D eigenvalue weighted by Gasteiger charge is -2.17. The van der Waals surface area contributed by atoms with E-state index in [-0.39, 0.29) is 29.0 Å². The topological polar surface area (TPSA) is 162 Å². The molecule has 12 heteroatoms. The van der Waals surface area contributed by atoms with E-state index < -0.39 is 4.92 Å². The molecule has 1 saturated heterocycles. The van der Waals surface area contributed by atoms with Crippen molar-refractivity contribution >= 4 is 52.0 Å². The number of likely N-dealkylation sites (tertiary alicyclic amines) is 1. The maximum atomic E-state index is 13.3. The second-order valence-electron chi connectivity index (χ2n) is 10.6. The number of hydrogen-bond acceptors (Lipinski definition) is 7. The molecule has 44 heavy (non-hydrogen) atoms. The molecule has 0 atom stereocenters. The van der Waals surface area contributed by atoms with Crippen LogP contribution in [0.25, 0.3) is 22.5 Å². The van der Waals surface area contributed by atoms with Crippen molar-refractivity contribution in [2.45, 2.75) is 26.2 Å². The summed E-state index contributed by atoms with van der Waals surface area (Å²) in [6.45, 7) is 2.84. The van der Waals surface area contributed by atoms with Gasteiger partial charge in [-0.25, -0.2) is 4.98 Å². The van der Waals surface area contributed by atoms with Gasteiger partial charge in [-0.1, -0.05) is 36.4 Å². The molecule has 4 N–H and O–H groups in total. The number of nitro benzene ring substituents is 1. The molecule has 0 saturated carbocycles. The van der Waals surface area contributed by atoms with Crippen molar-refractivity contribution in [3.8, 4) is 11.3 Å². The first-order chi connectivity index (χ1) is 21.2. The van der Waals surface area contributed by atoms with E-state index in [1.807, 2.05) is 53.4 Å². The average Bonchev–Trinajstić information content (AvgIpc) is 3.73. The molecule has 0 unspecified atom stereocenters. The summed E-state index contributed by atoms with van der Waals surface area (Å²) in [6, 6.07) is 19.4. The van der Waals surface area contributed by atoms with Gasteiger partial charge in [0.2, 0.25) is 17.8 Å². The molecule has 12 nitrogen and oxygen atoms in total. The molecule has 1 fully saturated rings. The predicted molar refractivity (Wildman–Crippen MR) is 166 cm³/mol. The summed E-state index contributed by atoms with van der Waals surface area (Å²) >= 11 is 0. The second-order valence-corrected chi connectivity index (χ2v) is 10.6. The number of benzene rings is 3. The second kappa shape index (κ2) is 11.8. The van der Waals surface area contributed by atoms with Crippen LogP contribution in [0.4, 0.5) is 23.0 Å². The standard InChI is InChI=1S/C32H29N7O5/c1-19(40)34-32-33-18-27(37-32)21-8-10-23(11-9-21)35-30(29-25-17-24(39(43)44)12-13-26(25)36-31(29)42)22-6-4-20(5-7-22)14-16-38-15-2-3-28(38)41/h4-13,17-18,35H,2-3,14-16H2,1H3,(H,36,42)(H2,33,34,37,40)/b30-29-. The number of aromatic nitrogens is 2. The Bertz CT molecular complexity index is 1810. The van der Waals surface area contributed by atoms with E-state index in [0.29, 0.717) is 59.2 Å². The molecule has 2 aliphatic rings. The summed E-state index contributed by atoms with van der Waals surface area (Å²) in [7, 11) is 0.